The van der Waals surface area contributed by atoms with Gasteiger partial charge in [-0.1, -0.05) is 13.8 Å². The Kier molecular flexibility index (Phi) is 3.95. The van der Waals surface area contributed by atoms with Gasteiger partial charge in [-0.15, -0.1) is 0 Å². The molecule has 0 unspecified atom stereocenters. The lowest BCUT2D eigenvalue weighted by Gasteiger charge is -2.34. The van der Waals surface area contributed by atoms with Gasteiger partial charge in [-0.05, 0) is 43.9 Å². The molecule has 2 aliphatic rings. The van der Waals surface area contributed by atoms with E-state index in [-0.39, 0.29) is 6.03 Å². The lowest BCUT2D eigenvalue weighted by atomic mass is 9.81. The zero-order chi connectivity index (χ0) is 12.4. The van der Waals surface area contributed by atoms with Gasteiger partial charge in [0.1, 0.15) is 0 Å². The maximum absolute atomic E-state index is 11.9. The fourth-order valence-electron chi connectivity index (χ4n) is 3.37. The summed E-state index contributed by atoms with van der Waals surface area (Å²) in [6, 6.07) is 0.771. The molecule has 2 rings (SSSR count). The molecular weight excluding hydrogens is 212 g/mol. The Morgan fingerprint density at radius 1 is 1.18 bits per heavy atom. The predicted molar refractivity (Wildman–Crippen MR) is 69.9 cm³/mol. The molecule has 1 saturated heterocycles. The van der Waals surface area contributed by atoms with E-state index in [0.29, 0.717) is 6.04 Å². The van der Waals surface area contributed by atoms with E-state index >= 15 is 0 Å². The summed E-state index contributed by atoms with van der Waals surface area (Å²) in [7, 11) is 1.91. The summed E-state index contributed by atoms with van der Waals surface area (Å²) in [5.74, 6) is 1.72. The predicted octanol–water partition coefficient (Wildman–Crippen LogP) is 2.96. The smallest absolute Gasteiger partial charge is 0.320 e. The number of nitrogens with zero attached hydrogens (tertiary/aromatic N) is 2. The number of urea groups is 1. The van der Waals surface area contributed by atoms with E-state index in [0.717, 1.165) is 24.9 Å². The molecule has 3 heteroatoms. The Balaban J connectivity index is 1.81. The van der Waals surface area contributed by atoms with E-state index in [1.54, 1.807) is 0 Å². The first kappa shape index (κ1) is 12.7. The first-order valence-corrected chi connectivity index (χ1v) is 7.09. The topological polar surface area (TPSA) is 23.6 Å². The molecule has 0 atom stereocenters. The van der Waals surface area contributed by atoms with E-state index < -0.39 is 0 Å². The van der Waals surface area contributed by atoms with Crippen LogP contribution in [-0.2, 0) is 0 Å². The van der Waals surface area contributed by atoms with Crippen LogP contribution in [0.5, 0.6) is 0 Å². The Morgan fingerprint density at radius 2 is 1.82 bits per heavy atom. The molecule has 1 saturated carbocycles. The van der Waals surface area contributed by atoms with Gasteiger partial charge in [-0.2, -0.15) is 0 Å². The van der Waals surface area contributed by atoms with Gasteiger partial charge in [0.05, 0.1) is 0 Å². The van der Waals surface area contributed by atoms with Crippen molar-refractivity contribution < 1.29 is 4.79 Å². The van der Waals surface area contributed by atoms with Crippen molar-refractivity contribution in [3.05, 3.63) is 0 Å². The highest BCUT2D eigenvalue weighted by molar-refractivity contribution is 5.76. The minimum atomic E-state index is 0.248. The first-order valence-electron chi connectivity index (χ1n) is 7.09. The van der Waals surface area contributed by atoms with Crippen molar-refractivity contribution in [1.29, 1.82) is 0 Å². The first-order chi connectivity index (χ1) is 8.08. The number of hydrogen-bond acceptors (Lipinski definition) is 1. The van der Waals surface area contributed by atoms with Gasteiger partial charge in [0, 0.05) is 26.2 Å². The SMILES string of the molecule is CC(C)C[C@H]1CC[C@@H](N2CCN(C)C2=O)CC1. The number of rotatable bonds is 3. The molecule has 2 amide bonds. The van der Waals surface area contributed by atoms with Gasteiger partial charge >= 0.3 is 6.03 Å². The lowest BCUT2D eigenvalue weighted by Crippen LogP contribution is -2.40. The molecule has 0 N–H and O–H groups in total. The van der Waals surface area contributed by atoms with Gasteiger partial charge in [0.25, 0.3) is 0 Å². The van der Waals surface area contributed by atoms with Crippen LogP contribution in [0.4, 0.5) is 4.79 Å². The highest BCUT2D eigenvalue weighted by Gasteiger charge is 2.33. The number of hydrogen-bond donors (Lipinski definition) is 0. The molecule has 1 heterocycles. The van der Waals surface area contributed by atoms with Crippen molar-refractivity contribution in [3.8, 4) is 0 Å². The average Bonchev–Trinajstić information content (AvgIpc) is 2.60. The number of carbonyl (C=O) groups excluding carboxylic acids is 1. The van der Waals surface area contributed by atoms with Crippen molar-refractivity contribution in [3.63, 3.8) is 0 Å². The summed E-state index contributed by atoms with van der Waals surface area (Å²) < 4.78 is 0. The Morgan fingerprint density at radius 3 is 2.29 bits per heavy atom. The highest BCUT2D eigenvalue weighted by atomic mass is 16.2. The quantitative estimate of drug-likeness (QED) is 0.741. The van der Waals surface area contributed by atoms with E-state index in [2.05, 4.69) is 18.7 Å². The van der Waals surface area contributed by atoms with Crippen molar-refractivity contribution in [2.45, 2.75) is 52.0 Å². The fourth-order valence-corrected chi connectivity index (χ4v) is 3.37. The molecule has 1 aliphatic heterocycles. The summed E-state index contributed by atoms with van der Waals surface area (Å²) in [6.45, 7) is 6.47. The van der Waals surface area contributed by atoms with E-state index in [9.17, 15) is 4.79 Å². The largest absolute Gasteiger partial charge is 0.326 e. The highest BCUT2D eigenvalue weighted by Crippen LogP contribution is 2.32. The molecule has 1 aliphatic carbocycles. The monoisotopic (exact) mass is 238 g/mol. The van der Waals surface area contributed by atoms with Crippen LogP contribution in [-0.4, -0.2) is 42.0 Å². The van der Waals surface area contributed by atoms with E-state index in [4.69, 9.17) is 0 Å². The third-order valence-electron chi connectivity index (χ3n) is 4.31. The van der Waals surface area contributed by atoms with Gasteiger partial charge < -0.3 is 9.80 Å². The van der Waals surface area contributed by atoms with E-state index in [1.165, 1.54) is 32.1 Å². The third-order valence-corrected chi connectivity index (χ3v) is 4.31. The molecule has 0 aromatic carbocycles. The summed E-state index contributed by atoms with van der Waals surface area (Å²) in [4.78, 5) is 15.9. The summed E-state index contributed by atoms with van der Waals surface area (Å²) in [6.07, 6.45) is 6.43. The summed E-state index contributed by atoms with van der Waals surface area (Å²) in [5, 5.41) is 0. The molecule has 2 fully saturated rings. The van der Waals surface area contributed by atoms with Crippen LogP contribution in [0.15, 0.2) is 0 Å². The van der Waals surface area contributed by atoms with E-state index in [1.807, 2.05) is 11.9 Å². The van der Waals surface area contributed by atoms with Crippen molar-refractivity contribution in [2.24, 2.45) is 11.8 Å². The van der Waals surface area contributed by atoms with Crippen LogP contribution in [0, 0.1) is 11.8 Å². The van der Waals surface area contributed by atoms with Crippen LogP contribution in [0.25, 0.3) is 0 Å². The second kappa shape index (κ2) is 5.28. The average molecular weight is 238 g/mol. The lowest BCUT2D eigenvalue weighted by molar-refractivity contribution is 0.151. The van der Waals surface area contributed by atoms with Crippen LogP contribution < -0.4 is 0 Å². The molecule has 0 aromatic heterocycles. The van der Waals surface area contributed by atoms with Gasteiger partial charge in [-0.25, -0.2) is 4.79 Å². The van der Waals surface area contributed by atoms with Gasteiger partial charge in [0.15, 0.2) is 0 Å². The van der Waals surface area contributed by atoms with Crippen molar-refractivity contribution in [1.82, 2.24) is 9.80 Å². The van der Waals surface area contributed by atoms with Crippen LogP contribution in [0.1, 0.15) is 46.0 Å². The van der Waals surface area contributed by atoms with Gasteiger partial charge in [0.2, 0.25) is 0 Å². The summed E-state index contributed by atoms with van der Waals surface area (Å²) >= 11 is 0. The summed E-state index contributed by atoms with van der Waals surface area (Å²) in [5.41, 5.74) is 0. The number of amides is 2. The molecule has 0 radical (unpaired) electrons. The minimum absolute atomic E-state index is 0.248. The fraction of sp³-hybridized carbons (Fsp3) is 0.929. The van der Waals surface area contributed by atoms with Crippen molar-refractivity contribution >= 4 is 6.03 Å². The number of likely N-dealkylation sites (N-methyl/N-ethyl adjacent to an activating group) is 1. The zero-order valence-corrected chi connectivity index (χ0v) is 11.5. The minimum Gasteiger partial charge on any atom is -0.326 e. The van der Waals surface area contributed by atoms with Gasteiger partial charge in [-0.3, -0.25) is 0 Å². The van der Waals surface area contributed by atoms with Crippen LogP contribution in [0.2, 0.25) is 0 Å². The zero-order valence-electron chi connectivity index (χ0n) is 11.5. The molecule has 0 bridgehead atoms. The Bertz CT molecular complexity index is 269. The normalized spacial score (nSPS) is 30.5. The van der Waals surface area contributed by atoms with Crippen LogP contribution >= 0.6 is 0 Å². The molecule has 3 nitrogen and oxygen atoms in total. The standard InChI is InChI=1S/C14H26N2O/c1-11(2)10-12-4-6-13(7-5-12)16-9-8-15(3)14(16)17/h11-13H,4-10H2,1-3H3/t12-,13+. The second-order valence-electron chi connectivity index (χ2n) is 6.20. The third kappa shape index (κ3) is 2.93. The maximum Gasteiger partial charge on any atom is 0.320 e. The Labute approximate surface area is 105 Å². The molecule has 0 aromatic rings. The molecular formula is C14H26N2O. The maximum atomic E-state index is 11.9. The number of carbonyl (C=O) groups is 1. The second-order valence-corrected chi connectivity index (χ2v) is 6.20. The van der Waals surface area contributed by atoms with Crippen molar-refractivity contribution in [2.75, 3.05) is 20.1 Å². The van der Waals surface area contributed by atoms with Crippen LogP contribution in [0.3, 0.4) is 0 Å². The molecule has 17 heavy (non-hydrogen) atoms. The molecule has 0 spiro atoms. The Hall–Kier alpha value is -0.730. The molecule has 98 valence electrons.